The van der Waals surface area contributed by atoms with Gasteiger partial charge in [0.15, 0.2) is 11.0 Å². The smallest absolute Gasteiger partial charge is 0.242 e. The van der Waals surface area contributed by atoms with Crippen LogP contribution in [0.5, 0.6) is 5.75 Å². The van der Waals surface area contributed by atoms with Gasteiger partial charge in [-0.05, 0) is 41.8 Å². The van der Waals surface area contributed by atoms with Crippen LogP contribution in [0.3, 0.4) is 0 Å². The summed E-state index contributed by atoms with van der Waals surface area (Å²) in [6, 6.07) is 34.6. The first-order valence-corrected chi connectivity index (χ1v) is 16.8. The first-order valence-electron chi connectivity index (χ1n) is 14.4. The largest absolute Gasteiger partial charge is 0.497 e. The zero-order valence-electron chi connectivity index (χ0n) is 25.3. The number of hydrogen-bond donors (Lipinski definition) is 1. The molecule has 0 spiro atoms. The standard InChI is InChI=1S/C34H35N5O4S2/c1-38(2)45(41,42)30-19-10-16-27(22-30)33-36-37-34(39(33)28-17-11-18-29(23-28)43-3)44-24-32(40)35-21-20-31(25-12-6-4-7-13-25)26-14-8-5-9-15-26/h4-19,22-23,31H,20-21,24H2,1-3H3,(H,35,40). The molecule has 0 aliphatic carbocycles. The van der Waals surface area contributed by atoms with Gasteiger partial charge >= 0.3 is 0 Å². The molecule has 0 fully saturated rings. The number of carbonyl (C=O) groups excluding carboxylic acids is 1. The van der Waals surface area contributed by atoms with Crippen LogP contribution in [0.4, 0.5) is 0 Å². The maximum absolute atomic E-state index is 13.0. The minimum Gasteiger partial charge on any atom is -0.497 e. The van der Waals surface area contributed by atoms with E-state index < -0.39 is 10.0 Å². The van der Waals surface area contributed by atoms with Gasteiger partial charge < -0.3 is 10.1 Å². The number of amides is 1. The fourth-order valence-electron chi connectivity index (χ4n) is 4.97. The van der Waals surface area contributed by atoms with E-state index >= 15 is 0 Å². The number of benzene rings is 4. The third-order valence-electron chi connectivity index (χ3n) is 7.31. The summed E-state index contributed by atoms with van der Waals surface area (Å²) >= 11 is 1.26. The molecule has 0 saturated heterocycles. The number of nitrogens with zero attached hydrogens (tertiary/aromatic N) is 4. The highest BCUT2D eigenvalue weighted by Gasteiger charge is 2.22. The number of hydrogen-bond acceptors (Lipinski definition) is 7. The summed E-state index contributed by atoms with van der Waals surface area (Å²) in [5.74, 6) is 1.23. The van der Waals surface area contributed by atoms with Crippen molar-refractivity contribution in [1.82, 2.24) is 24.4 Å². The van der Waals surface area contributed by atoms with Gasteiger partial charge in [-0.25, -0.2) is 12.7 Å². The Bertz CT molecular complexity index is 1810. The Morgan fingerprint density at radius 2 is 1.56 bits per heavy atom. The van der Waals surface area contributed by atoms with Gasteiger partial charge in [-0.2, -0.15) is 0 Å². The van der Waals surface area contributed by atoms with Gasteiger partial charge in [0, 0.05) is 38.2 Å². The second-order valence-electron chi connectivity index (χ2n) is 10.5. The van der Waals surface area contributed by atoms with Crippen molar-refractivity contribution >= 4 is 27.7 Å². The van der Waals surface area contributed by atoms with Crippen molar-refractivity contribution in [2.75, 3.05) is 33.5 Å². The Morgan fingerprint density at radius 1 is 0.889 bits per heavy atom. The lowest BCUT2D eigenvalue weighted by molar-refractivity contribution is -0.118. The molecular formula is C34H35N5O4S2. The summed E-state index contributed by atoms with van der Waals surface area (Å²) in [5, 5.41) is 12.4. The zero-order chi connectivity index (χ0) is 31.8. The molecule has 0 saturated carbocycles. The molecule has 1 N–H and O–H groups in total. The van der Waals surface area contributed by atoms with Crippen molar-refractivity contribution in [3.8, 4) is 22.8 Å². The van der Waals surface area contributed by atoms with E-state index in [9.17, 15) is 13.2 Å². The number of nitrogens with one attached hydrogen (secondary N) is 1. The summed E-state index contributed by atoms with van der Waals surface area (Å²) in [7, 11) is 0.902. The van der Waals surface area contributed by atoms with Crippen molar-refractivity contribution in [2.45, 2.75) is 22.4 Å². The van der Waals surface area contributed by atoms with Gasteiger partial charge in [-0.3, -0.25) is 9.36 Å². The monoisotopic (exact) mass is 641 g/mol. The lowest BCUT2D eigenvalue weighted by Gasteiger charge is -2.18. The molecule has 5 rings (SSSR count). The number of thioether (sulfide) groups is 1. The SMILES string of the molecule is COc1cccc(-n2c(SCC(=O)NCCC(c3ccccc3)c3ccccc3)nnc2-c2cccc(S(=O)(=O)N(C)C)c2)c1. The Labute approximate surface area is 268 Å². The van der Waals surface area contributed by atoms with E-state index in [4.69, 9.17) is 4.74 Å². The second kappa shape index (κ2) is 14.6. The molecular weight excluding hydrogens is 607 g/mol. The normalized spacial score (nSPS) is 11.6. The number of sulfonamides is 1. The maximum Gasteiger partial charge on any atom is 0.242 e. The number of aromatic nitrogens is 3. The zero-order valence-corrected chi connectivity index (χ0v) is 27.0. The van der Waals surface area contributed by atoms with Gasteiger partial charge in [0.05, 0.1) is 23.4 Å². The third-order valence-corrected chi connectivity index (χ3v) is 10.0. The van der Waals surface area contributed by atoms with Gasteiger partial charge in [-0.1, -0.05) is 90.6 Å². The molecule has 0 bridgehead atoms. The van der Waals surface area contributed by atoms with E-state index in [-0.39, 0.29) is 22.5 Å². The molecule has 1 amide bonds. The Balaban J connectivity index is 1.35. The van der Waals surface area contributed by atoms with Crippen molar-refractivity contribution in [3.63, 3.8) is 0 Å². The van der Waals surface area contributed by atoms with E-state index in [2.05, 4.69) is 39.8 Å². The molecule has 45 heavy (non-hydrogen) atoms. The molecule has 11 heteroatoms. The summed E-state index contributed by atoms with van der Waals surface area (Å²) in [4.78, 5) is 13.2. The van der Waals surface area contributed by atoms with Gasteiger partial charge in [0.25, 0.3) is 0 Å². The van der Waals surface area contributed by atoms with Crippen LogP contribution < -0.4 is 10.1 Å². The Hall–Kier alpha value is -4.45. The minimum absolute atomic E-state index is 0.124. The molecule has 0 radical (unpaired) electrons. The minimum atomic E-state index is -3.66. The van der Waals surface area contributed by atoms with E-state index in [1.54, 1.807) is 31.4 Å². The quantitative estimate of drug-likeness (QED) is 0.166. The van der Waals surface area contributed by atoms with Crippen LogP contribution in [0.1, 0.15) is 23.5 Å². The predicted octanol–water partition coefficient (Wildman–Crippen LogP) is 5.62. The highest BCUT2D eigenvalue weighted by atomic mass is 32.2. The molecule has 1 heterocycles. The van der Waals surface area contributed by atoms with Crippen molar-refractivity contribution in [1.29, 1.82) is 0 Å². The number of methoxy groups -OCH3 is 1. The first kappa shape index (κ1) is 32.0. The lowest BCUT2D eigenvalue weighted by atomic mass is 9.88. The first-order chi connectivity index (χ1) is 21.8. The summed E-state index contributed by atoms with van der Waals surface area (Å²) < 4.78 is 34.1. The van der Waals surface area contributed by atoms with Crippen LogP contribution in [0.15, 0.2) is 119 Å². The van der Waals surface area contributed by atoms with Crippen LogP contribution >= 0.6 is 11.8 Å². The lowest BCUT2D eigenvalue weighted by Crippen LogP contribution is -2.27. The molecule has 0 aliphatic heterocycles. The van der Waals surface area contributed by atoms with Crippen LogP contribution in [0.2, 0.25) is 0 Å². The van der Waals surface area contributed by atoms with Crippen LogP contribution in [-0.2, 0) is 14.8 Å². The molecule has 0 atom stereocenters. The summed E-state index contributed by atoms with van der Waals surface area (Å²) in [6.45, 7) is 0.509. The summed E-state index contributed by atoms with van der Waals surface area (Å²) in [6.07, 6.45) is 0.751. The van der Waals surface area contributed by atoms with Gasteiger partial charge in [-0.15, -0.1) is 10.2 Å². The van der Waals surface area contributed by atoms with E-state index in [0.717, 1.165) is 6.42 Å². The fourth-order valence-corrected chi connectivity index (χ4v) is 6.70. The summed E-state index contributed by atoms with van der Waals surface area (Å²) in [5.41, 5.74) is 3.69. The molecule has 4 aromatic carbocycles. The fraction of sp³-hybridized carbons (Fsp3) is 0.206. The van der Waals surface area contributed by atoms with Crippen molar-refractivity contribution in [2.24, 2.45) is 0 Å². The van der Waals surface area contributed by atoms with Gasteiger partial charge in [0.1, 0.15) is 5.75 Å². The topological polar surface area (TPSA) is 106 Å². The molecule has 0 aliphatic rings. The van der Waals surface area contributed by atoms with E-state index in [1.165, 1.54) is 41.3 Å². The highest BCUT2D eigenvalue weighted by molar-refractivity contribution is 7.99. The average molecular weight is 642 g/mol. The number of rotatable bonds is 13. The van der Waals surface area contributed by atoms with Crippen molar-refractivity contribution in [3.05, 3.63) is 120 Å². The molecule has 232 valence electrons. The van der Waals surface area contributed by atoms with Gasteiger partial charge in [0.2, 0.25) is 15.9 Å². The maximum atomic E-state index is 13.0. The number of carbonyl (C=O) groups is 1. The Kier molecular flexibility index (Phi) is 10.3. The third kappa shape index (κ3) is 7.62. The van der Waals surface area contributed by atoms with E-state index in [0.29, 0.717) is 34.5 Å². The second-order valence-corrected chi connectivity index (χ2v) is 13.6. The van der Waals surface area contributed by atoms with Crippen LogP contribution in [0, 0.1) is 0 Å². The molecule has 5 aromatic rings. The highest BCUT2D eigenvalue weighted by Crippen LogP contribution is 2.31. The van der Waals surface area contributed by atoms with Crippen LogP contribution in [-0.4, -0.2) is 66.9 Å². The van der Waals surface area contributed by atoms with Crippen LogP contribution in [0.25, 0.3) is 17.1 Å². The molecule has 1 aromatic heterocycles. The Morgan fingerprint density at radius 3 is 2.20 bits per heavy atom. The average Bonchev–Trinajstić information content (AvgIpc) is 3.50. The predicted molar refractivity (Wildman–Crippen MR) is 177 cm³/mol. The molecule has 9 nitrogen and oxygen atoms in total. The molecule has 0 unspecified atom stereocenters. The number of ether oxygens (including phenoxy) is 1. The van der Waals surface area contributed by atoms with E-state index in [1.807, 2.05) is 65.2 Å². The van der Waals surface area contributed by atoms with Crippen molar-refractivity contribution < 1.29 is 17.9 Å².